The van der Waals surface area contributed by atoms with E-state index >= 15 is 0 Å². The van der Waals surface area contributed by atoms with E-state index in [1.807, 2.05) is 6.92 Å². The molecule has 1 amide bonds. The second-order valence-corrected chi connectivity index (χ2v) is 9.43. The van der Waals surface area contributed by atoms with Gasteiger partial charge in [-0.05, 0) is 37.1 Å². The van der Waals surface area contributed by atoms with E-state index < -0.39 is 22.0 Å². The molecule has 0 fully saturated rings. The number of hydrogen-bond acceptors (Lipinski definition) is 5. The van der Waals surface area contributed by atoms with Gasteiger partial charge in [-0.25, -0.2) is 13.4 Å². The Morgan fingerprint density at radius 1 is 1.25 bits per heavy atom. The van der Waals surface area contributed by atoms with Crippen LogP contribution in [0.1, 0.15) is 18.7 Å². The van der Waals surface area contributed by atoms with Gasteiger partial charge in [-0.2, -0.15) is 4.72 Å². The first-order valence-electron chi connectivity index (χ1n) is 7.20. The molecule has 6 nitrogen and oxygen atoms in total. The highest BCUT2D eigenvalue weighted by molar-refractivity contribution is 9.10. The number of aromatic nitrogens is 1. The van der Waals surface area contributed by atoms with Gasteiger partial charge in [0.15, 0.2) is 5.13 Å². The first kappa shape index (κ1) is 19.0. The number of halogens is 1. The number of sulfonamides is 1. The van der Waals surface area contributed by atoms with Crippen LogP contribution in [0.25, 0.3) is 0 Å². The third-order valence-electron chi connectivity index (χ3n) is 3.21. The molecule has 2 rings (SSSR count). The van der Waals surface area contributed by atoms with E-state index in [1.54, 1.807) is 32.2 Å². The SMILES string of the molecule is Cc1cnc(NC(=O)[C@@H](NS(=O)(=O)c2ccc(Br)cc2)C(C)C)s1. The second kappa shape index (κ2) is 7.73. The summed E-state index contributed by atoms with van der Waals surface area (Å²) in [5.41, 5.74) is 0. The van der Waals surface area contributed by atoms with Crippen molar-refractivity contribution in [3.63, 3.8) is 0 Å². The summed E-state index contributed by atoms with van der Waals surface area (Å²) in [6.07, 6.45) is 1.65. The number of carbonyl (C=O) groups is 1. The summed E-state index contributed by atoms with van der Waals surface area (Å²) in [7, 11) is -3.80. The molecule has 2 N–H and O–H groups in total. The molecular weight excluding hydrogens is 414 g/mol. The quantitative estimate of drug-likeness (QED) is 0.734. The van der Waals surface area contributed by atoms with Gasteiger partial charge in [-0.3, -0.25) is 4.79 Å². The highest BCUT2D eigenvalue weighted by Crippen LogP contribution is 2.19. The molecule has 0 aliphatic carbocycles. The molecule has 0 unspecified atom stereocenters. The molecule has 24 heavy (non-hydrogen) atoms. The van der Waals surface area contributed by atoms with E-state index in [0.29, 0.717) is 5.13 Å². The minimum atomic E-state index is -3.80. The summed E-state index contributed by atoms with van der Waals surface area (Å²) in [6.45, 7) is 5.44. The van der Waals surface area contributed by atoms with Crippen LogP contribution in [0.15, 0.2) is 39.8 Å². The maximum absolute atomic E-state index is 12.5. The maximum atomic E-state index is 12.5. The smallest absolute Gasteiger partial charge is 0.244 e. The predicted octanol–water partition coefficient (Wildman–Crippen LogP) is 3.16. The van der Waals surface area contributed by atoms with Crippen molar-refractivity contribution in [2.24, 2.45) is 5.92 Å². The third-order valence-corrected chi connectivity index (χ3v) is 6.02. The first-order valence-corrected chi connectivity index (χ1v) is 10.3. The molecule has 0 saturated heterocycles. The molecule has 2 aromatic rings. The number of nitrogens with one attached hydrogen (secondary N) is 2. The van der Waals surface area contributed by atoms with Gasteiger partial charge < -0.3 is 5.32 Å². The van der Waals surface area contributed by atoms with Crippen molar-refractivity contribution < 1.29 is 13.2 Å². The van der Waals surface area contributed by atoms with Gasteiger partial charge in [-0.1, -0.05) is 29.8 Å². The van der Waals surface area contributed by atoms with Crippen molar-refractivity contribution in [1.82, 2.24) is 9.71 Å². The number of anilines is 1. The summed E-state index contributed by atoms with van der Waals surface area (Å²) in [4.78, 5) is 17.6. The van der Waals surface area contributed by atoms with Gasteiger partial charge in [0.1, 0.15) is 6.04 Å². The van der Waals surface area contributed by atoms with Crippen molar-refractivity contribution in [2.75, 3.05) is 5.32 Å². The fourth-order valence-corrected chi connectivity index (χ4v) is 4.21. The van der Waals surface area contributed by atoms with Crippen LogP contribution in [0, 0.1) is 12.8 Å². The molecule has 0 bridgehead atoms. The number of amides is 1. The number of aryl methyl sites for hydroxylation is 1. The van der Waals surface area contributed by atoms with Crippen LogP contribution in [0.4, 0.5) is 5.13 Å². The average molecular weight is 432 g/mol. The van der Waals surface area contributed by atoms with Crippen LogP contribution in [0.2, 0.25) is 0 Å². The molecule has 1 aromatic heterocycles. The van der Waals surface area contributed by atoms with Gasteiger partial charge in [-0.15, -0.1) is 11.3 Å². The van der Waals surface area contributed by atoms with Crippen molar-refractivity contribution in [3.8, 4) is 0 Å². The highest BCUT2D eigenvalue weighted by Gasteiger charge is 2.28. The Kier molecular flexibility index (Phi) is 6.13. The lowest BCUT2D eigenvalue weighted by Crippen LogP contribution is -2.47. The molecule has 0 spiro atoms. The van der Waals surface area contributed by atoms with E-state index in [0.717, 1.165) is 9.35 Å². The Labute approximate surface area is 153 Å². The second-order valence-electron chi connectivity index (χ2n) is 5.56. The van der Waals surface area contributed by atoms with E-state index in [2.05, 4.69) is 31.0 Å². The Hall–Kier alpha value is -1.29. The van der Waals surface area contributed by atoms with Crippen LogP contribution >= 0.6 is 27.3 Å². The van der Waals surface area contributed by atoms with E-state index in [4.69, 9.17) is 0 Å². The average Bonchev–Trinajstić information content (AvgIpc) is 2.90. The third kappa shape index (κ3) is 4.85. The minimum Gasteiger partial charge on any atom is -0.301 e. The monoisotopic (exact) mass is 431 g/mol. The lowest BCUT2D eigenvalue weighted by molar-refractivity contribution is -0.118. The molecule has 130 valence electrons. The summed E-state index contributed by atoms with van der Waals surface area (Å²) in [6, 6.07) is 5.33. The Bertz CT molecular complexity index is 817. The van der Waals surface area contributed by atoms with Crippen molar-refractivity contribution in [3.05, 3.63) is 39.8 Å². The molecule has 0 saturated carbocycles. The normalized spacial score (nSPS) is 13.0. The van der Waals surface area contributed by atoms with Gasteiger partial charge in [0, 0.05) is 15.5 Å². The highest BCUT2D eigenvalue weighted by atomic mass is 79.9. The van der Waals surface area contributed by atoms with Crippen LogP contribution in [0.5, 0.6) is 0 Å². The predicted molar refractivity (Wildman–Crippen MR) is 98.6 cm³/mol. The van der Waals surface area contributed by atoms with E-state index in [9.17, 15) is 13.2 Å². The Morgan fingerprint density at radius 2 is 1.88 bits per heavy atom. The Morgan fingerprint density at radius 3 is 2.38 bits per heavy atom. The molecule has 0 aliphatic heterocycles. The number of rotatable bonds is 6. The molecule has 1 atom stereocenters. The maximum Gasteiger partial charge on any atom is 0.244 e. The van der Waals surface area contributed by atoms with Gasteiger partial charge in [0.2, 0.25) is 15.9 Å². The van der Waals surface area contributed by atoms with Crippen LogP contribution in [0.3, 0.4) is 0 Å². The summed E-state index contributed by atoms with van der Waals surface area (Å²) in [5, 5.41) is 3.11. The fraction of sp³-hybridized carbons (Fsp3) is 0.333. The molecule has 9 heteroatoms. The zero-order valence-electron chi connectivity index (χ0n) is 13.4. The van der Waals surface area contributed by atoms with Gasteiger partial charge >= 0.3 is 0 Å². The van der Waals surface area contributed by atoms with Crippen molar-refractivity contribution in [1.29, 1.82) is 0 Å². The van der Waals surface area contributed by atoms with Crippen LogP contribution < -0.4 is 10.0 Å². The first-order chi connectivity index (χ1) is 11.2. The van der Waals surface area contributed by atoms with Crippen molar-refractivity contribution >= 4 is 48.3 Å². The topological polar surface area (TPSA) is 88.2 Å². The zero-order valence-corrected chi connectivity index (χ0v) is 16.6. The number of hydrogen-bond donors (Lipinski definition) is 2. The fourth-order valence-electron chi connectivity index (χ4n) is 1.94. The summed E-state index contributed by atoms with van der Waals surface area (Å²) >= 11 is 4.60. The van der Waals surface area contributed by atoms with E-state index in [1.165, 1.54) is 23.5 Å². The van der Waals surface area contributed by atoms with Crippen LogP contribution in [-0.2, 0) is 14.8 Å². The standard InChI is InChI=1S/C15H18BrN3O3S2/c1-9(2)13(14(20)18-15-17-8-10(3)23-15)19-24(21,22)12-6-4-11(16)5-7-12/h4-9,13,19H,1-3H3,(H,17,18,20)/t13-/m0/s1. The summed E-state index contributed by atoms with van der Waals surface area (Å²) < 4.78 is 28.3. The number of nitrogens with zero attached hydrogens (tertiary/aromatic N) is 1. The van der Waals surface area contributed by atoms with Gasteiger partial charge in [0.25, 0.3) is 0 Å². The van der Waals surface area contributed by atoms with E-state index in [-0.39, 0.29) is 10.8 Å². The molecule has 0 radical (unpaired) electrons. The lowest BCUT2D eigenvalue weighted by Gasteiger charge is -2.21. The number of benzene rings is 1. The Balaban J connectivity index is 2.18. The number of thiazole rings is 1. The van der Waals surface area contributed by atoms with Gasteiger partial charge in [0.05, 0.1) is 4.90 Å². The van der Waals surface area contributed by atoms with Crippen molar-refractivity contribution in [2.45, 2.75) is 31.7 Å². The molecule has 1 heterocycles. The minimum absolute atomic E-state index is 0.106. The molecular formula is C15H18BrN3O3S2. The molecule has 1 aromatic carbocycles. The summed E-state index contributed by atoms with van der Waals surface area (Å²) in [5.74, 6) is -0.656. The lowest BCUT2D eigenvalue weighted by atomic mass is 10.1. The zero-order chi connectivity index (χ0) is 17.9. The number of carbonyl (C=O) groups excluding carboxylic acids is 1. The molecule has 0 aliphatic rings. The largest absolute Gasteiger partial charge is 0.301 e. The van der Waals surface area contributed by atoms with Crippen LogP contribution in [-0.4, -0.2) is 25.4 Å².